The molecule has 2 heterocycles. The Kier molecular flexibility index (Phi) is 5.43. The standard InChI is InChI=1S/C20H18FNO3S2/c1-14(2)20-17(5-3-11-23)18(15-7-9-16(21)10-8-15)13-22(20)27(24,25)19-6-4-12-26-19/h3-14H,1-2H3. The average Bonchev–Trinajstić information content (AvgIpc) is 3.29. The minimum Gasteiger partial charge on any atom is -0.299 e. The van der Waals surface area contributed by atoms with Gasteiger partial charge < -0.3 is 0 Å². The van der Waals surface area contributed by atoms with Crippen LogP contribution in [0.3, 0.4) is 0 Å². The smallest absolute Gasteiger partial charge is 0.277 e. The Hall–Kier alpha value is -2.51. The molecule has 0 aliphatic rings. The quantitative estimate of drug-likeness (QED) is 0.433. The SMILES string of the molecule is CC(C)c1c(C=CC=O)c(-c2ccc(F)cc2)cn1S(=O)(=O)c1cccs1. The van der Waals surface area contributed by atoms with E-state index < -0.39 is 10.0 Å². The monoisotopic (exact) mass is 403 g/mol. The summed E-state index contributed by atoms with van der Waals surface area (Å²) in [6.45, 7) is 3.78. The molecule has 3 rings (SSSR count). The first-order valence-corrected chi connectivity index (χ1v) is 10.6. The fraction of sp³-hybridized carbons (Fsp3) is 0.150. The molecule has 0 spiro atoms. The van der Waals surface area contributed by atoms with Crippen LogP contribution < -0.4 is 0 Å². The molecule has 7 heteroatoms. The Bertz CT molecular complexity index is 1080. The minimum absolute atomic E-state index is 0.125. The maximum absolute atomic E-state index is 13.3. The van der Waals surface area contributed by atoms with E-state index in [1.807, 2.05) is 13.8 Å². The van der Waals surface area contributed by atoms with Crippen LogP contribution in [-0.4, -0.2) is 18.7 Å². The van der Waals surface area contributed by atoms with Crippen molar-refractivity contribution in [1.82, 2.24) is 3.97 Å². The van der Waals surface area contributed by atoms with Gasteiger partial charge in [0.15, 0.2) is 0 Å². The number of allylic oxidation sites excluding steroid dienone is 1. The minimum atomic E-state index is -3.78. The van der Waals surface area contributed by atoms with Crippen molar-refractivity contribution in [2.45, 2.75) is 24.0 Å². The number of aldehydes is 1. The van der Waals surface area contributed by atoms with Gasteiger partial charge >= 0.3 is 0 Å². The molecule has 0 unspecified atom stereocenters. The number of carbonyl (C=O) groups excluding carboxylic acids is 1. The van der Waals surface area contributed by atoms with Gasteiger partial charge in [-0.2, -0.15) is 8.42 Å². The number of hydrogen-bond acceptors (Lipinski definition) is 4. The van der Waals surface area contributed by atoms with Crippen LogP contribution in [0.4, 0.5) is 4.39 Å². The predicted molar refractivity (Wildman–Crippen MR) is 106 cm³/mol. The molecule has 0 atom stereocenters. The van der Waals surface area contributed by atoms with Crippen molar-refractivity contribution in [3.63, 3.8) is 0 Å². The second kappa shape index (κ2) is 7.62. The van der Waals surface area contributed by atoms with Crippen molar-refractivity contribution >= 4 is 33.7 Å². The van der Waals surface area contributed by atoms with Gasteiger partial charge in [0.25, 0.3) is 10.0 Å². The lowest BCUT2D eigenvalue weighted by atomic mass is 9.98. The van der Waals surface area contributed by atoms with Gasteiger partial charge in [-0.15, -0.1) is 11.3 Å². The molecule has 0 saturated carbocycles. The van der Waals surface area contributed by atoms with Crippen LogP contribution in [0.5, 0.6) is 0 Å². The number of benzene rings is 1. The van der Waals surface area contributed by atoms with Gasteiger partial charge in [0, 0.05) is 23.0 Å². The fourth-order valence-electron chi connectivity index (χ4n) is 2.95. The number of thiophene rings is 1. The fourth-order valence-corrected chi connectivity index (χ4v) is 5.55. The Morgan fingerprint density at radius 2 is 1.85 bits per heavy atom. The van der Waals surface area contributed by atoms with E-state index in [0.717, 1.165) is 11.3 Å². The maximum atomic E-state index is 13.3. The van der Waals surface area contributed by atoms with Crippen molar-refractivity contribution in [3.05, 3.63) is 71.1 Å². The highest BCUT2D eigenvalue weighted by molar-refractivity contribution is 7.92. The third-order valence-corrected chi connectivity index (χ3v) is 7.15. The highest BCUT2D eigenvalue weighted by Gasteiger charge is 2.27. The first-order valence-electron chi connectivity index (χ1n) is 8.28. The Balaban J connectivity index is 2.33. The summed E-state index contributed by atoms with van der Waals surface area (Å²) in [6, 6.07) is 9.07. The zero-order valence-electron chi connectivity index (χ0n) is 14.8. The van der Waals surface area contributed by atoms with Crippen LogP contribution >= 0.6 is 11.3 Å². The molecule has 140 valence electrons. The summed E-state index contributed by atoms with van der Waals surface area (Å²) in [5.41, 5.74) is 2.49. The largest absolute Gasteiger partial charge is 0.299 e. The van der Waals surface area contributed by atoms with Crippen molar-refractivity contribution < 1.29 is 17.6 Å². The van der Waals surface area contributed by atoms with Crippen LogP contribution in [0.2, 0.25) is 0 Å². The lowest BCUT2D eigenvalue weighted by Crippen LogP contribution is -2.15. The van der Waals surface area contributed by atoms with Crippen molar-refractivity contribution in [1.29, 1.82) is 0 Å². The lowest BCUT2D eigenvalue weighted by Gasteiger charge is -2.13. The molecule has 0 radical (unpaired) electrons. The molecule has 0 fully saturated rings. The zero-order chi connectivity index (χ0) is 19.6. The highest BCUT2D eigenvalue weighted by Crippen LogP contribution is 2.36. The average molecular weight is 404 g/mol. The summed E-state index contributed by atoms with van der Waals surface area (Å²) in [6.07, 6.45) is 5.11. The third kappa shape index (κ3) is 3.65. The summed E-state index contributed by atoms with van der Waals surface area (Å²) in [5.74, 6) is -0.501. The number of hydrogen-bond donors (Lipinski definition) is 0. The molecular formula is C20H18FNO3S2. The molecule has 2 aromatic heterocycles. The molecule has 1 aromatic carbocycles. The molecule has 0 amide bonds. The lowest BCUT2D eigenvalue weighted by molar-refractivity contribution is -0.104. The van der Waals surface area contributed by atoms with E-state index in [4.69, 9.17) is 0 Å². The molecule has 0 aliphatic carbocycles. The van der Waals surface area contributed by atoms with Crippen LogP contribution in [0.1, 0.15) is 31.0 Å². The van der Waals surface area contributed by atoms with Gasteiger partial charge in [-0.05, 0) is 47.2 Å². The Labute approximate surface area is 161 Å². The summed E-state index contributed by atoms with van der Waals surface area (Å²) in [4.78, 5) is 10.9. The van der Waals surface area contributed by atoms with Crippen LogP contribution in [-0.2, 0) is 14.8 Å². The molecule has 27 heavy (non-hydrogen) atoms. The molecular weight excluding hydrogens is 385 g/mol. The normalized spacial score (nSPS) is 12.1. The summed E-state index contributed by atoms with van der Waals surface area (Å²) >= 11 is 1.14. The van der Waals surface area contributed by atoms with E-state index in [2.05, 4.69) is 0 Å². The molecule has 0 aliphatic heterocycles. The van der Waals surface area contributed by atoms with Gasteiger partial charge in [0.05, 0.1) is 0 Å². The van der Waals surface area contributed by atoms with Gasteiger partial charge in [-0.3, -0.25) is 4.79 Å². The van der Waals surface area contributed by atoms with Crippen molar-refractivity contribution in [2.75, 3.05) is 0 Å². The van der Waals surface area contributed by atoms with E-state index in [1.165, 1.54) is 22.2 Å². The molecule has 4 nitrogen and oxygen atoms in total. The Morgan fingerprint density at radius 1 is 1.15 bits per heavy atom. The van der Waals surface area contributed by atoms with E-state index in [0.29, 0.717) is 28.7 Å². The number of halogens is 1. The van der Waals surface area contributed by atoms with Crippen LogP contribution in [0.25, 0.3) is 17.2 Å². The summed E-state index contributed by atoms with van der Waals surface area (Å²) in [7, 11) is -3.78. The number of rotatable bonds is 6. The van der Waals surface area contributed by atoms with Gasteiger partial charge in [0.1, 0.15) is 16.3 Å². The molecule has 0 saturated heterocycles. The number of nitrogens with zero attached hydrogens (tertiary/aromatic N) is 1. The first-order chi connectivity index (χ1) is 12.9. The van der Waals surface area contributed by atoms with E-state index in [-0.39, 0.29) is 15.9 Å². The summed E-state index contributed by atoms with van der Waals surface area (Å²) in [5, 5.41) is 1.71. The molecule has 0 N–H and O–H groups in total. The topological polar surface area (TPSA) is 56.1 Å². The second-order valence-electron chi connectivity index (χ2n) is 6.23. The number of aromatic nitrogens is 1. The van der Waals surface area contributed by atoms with E-state index >= 15 is 0 Å². The first kappa shape index (κ1) is 19.3. The van der Waals surface area contributed by atoms with Gasteiger partial charge in [0.2, 0.25) is 0 Å². The predicted octanol–water partition coefficient (Wildman–Crippen LogP) is 4.93. The van der Waals surface area contributed by atoms with Crippen LogP contribution in [0, 0.1) is 5.82 Å². The van der Waals surface area contributed by atoms with Crippen molar-refractivity contribution in [3.8, 4) is 11.1 Å². The van der Waals surface area contributed by atoms with Gasteiger partial charge in [-0.25, -0.2) is 8.36 Å². The number of carbonyl (C=O) groups is 1. The maximum Gasteiger partial charge on any atom is 0.277 e. The summed E-state index contributed by atoms with van der Waals surface area (Å²) < 4.78 is 41.2. The molecule has 0 bridgehead atoms. The molecule has 3 aromatic rings. The van der Waals surface area contributed by atoms with Crippen molar-refractivity contribution in [2.24, 2.45) is 0 Å². The van der Waals surface area contributed by atoms with Gasteiger partial charge in [-0.1, -0.05) is 32.0 Å². The van der Waals surface area contributed by atoms with E-state index in [1.54, 1.807) is 41.9 Å². The zero-order valence-corrected chi connectivity index (χ0v) is 16.4. The highest BCUT2D eigenvalue weighted by atomic mass is 32.2. The Morgan fingerprint density at radius 3 is 2.41 bits per heavy atom. The van der Waals surface area contributed by atoms with Crippen LogP contribution in [0.15, 0.2) is 58.3 Å². The second-order valence-corrected chi connectivity index (χ2v) is 9.22. The van der Waals surface area contributed by atoms with E-state index in [9.17, 15) is 17.6 Å². The third-order valence-electron chi connectivity index (χ3n) is 4.10.